The van der Waals surface area contributed by atoms with E-state index < -0.39 is 0 Å². The summed E-state index contributed by atoms with van der Waals surface area (Å²) in [6.45, 7) is 3.24. The number of nitrogens with two attached hydrogens (primary N) is 1. The summed E-state index contributed by atoms with van der Waals surface area (Å²) < 4.78 is 12.7. The van der Waals surface area contributed by atoms with Crippen LogP contribution < -0.4 is 26.1 Å². The molecule has 1 aromatic heterocycles. The molecule has 0 fully saturated rings. The van der Waals surface area contributed by atoms with Crippen molar-refractivity contribution >= 4 is 10.8 Å². The minimum absolute atomic E-state index is 0.0427. The highest BCUT2D eigenvalue weighted by Gasteiger charge is 2.09. The maximum Gasteiger partial charge on any atom is 0.258 e. The molecule has 0 aliphatic rings. The van der Waals surface area contributed by atoms with Crippen molar-refractivity contribution in [3.63, 3.8) is 0 Å². The Bertz CT molecular complexity index is 997. The normalized spacial score (nSPS) is 11.0. The molecular formula is C23H29N3O3. The number of nitrogens with one attached hydrogen (secondary N) is 1. The molecule has 0 amide bonds. The first-order valence-electron chi connectivity index (χ1n) is 9.96. The number of nitrogens with zero attached hydrogens (tertiary/aromatic N) is 1. The SMILES string of the molecule is COc1ccc2cc(-c3ccc(OCCCNCCCN)cc3)n(C)c(=O)c2c1. The van der Waals surface area contributed by atoms with Gasteiger partial charge in [0.1, 0.15) is 11.5 Å². The molecule has 6 heteroatoms. The summed E-state index contributed by atoms with van der Waals surface area (Å²) >= 11 is 0. The Morgan fingerprint density at radius 3 is 2.45 bits per heavy atom. The summed E-state index contributed by atoms with van der Waals surface area (Å²) in [5.41, 5.74) is 7.26. The minimum Gasteiger partial charge on any atom is -0.497 e. The molecule has 0 aliphatic carbocycles. The van der Waals surface area contributed by atoms with E-state index in [0.717, 1.165) is 48.3 Å². The van der Waals surface area contributed by atoms with E-state index >= 15 is 0 Å². The number of methoxy groups -OCH3 is 1. The van der Waals surface area contributed by atoms with Crippen LogP contribution in [0.2, 0.25) is 0 Å². The minimum atomic E-state index is -0.0427. The van der Waals surface area contributed by atoms with Crippen molar-refractivity contribution in [2.45, 2.75) is 12.8 Å². The number of ether oxygens (including phenoxy) is 2. The van der Waals surface area contributed by atoms with Crippen molar-refractivity contribution < 1.29 is 9.47 Å². The van der Waals surface area contributed by atoms with Gasteiger partial charge in [-0.2, -0.15) is 0 Å². The fourth-order valence-corrected chi connectivity index (χ4v) is 3.25. The number of benzene rings is 2. The van der Waals surface area contributed by atoms with Gasteiger partial charge in [-0.3, -0.25) is 4.79 Å². The highest BCUT2D eigenvalue weighted by atomic mass is 16.5. The summed E-state index contributed by atoms with van der Waals surface area (Å²) in [6.07, 6.45) is 1.93. The molecule has 6 nitrogen and oxygen atoms in total. The predicted molar refractivity (Wildman–Crippen MR) is 118 cm³/mol. The molecule has 154 valence electrons. The summed E-state index contributed by atoms with van der Waals surface area (Å²) in [5, 5.41) is 4.88. The smallest absolute Gasteiger partial charge is 0.258 e. The molecule has 0 saturated heterocycles. The van der Waals surface area contributed by atoms with Gasteiger partial charge >= 0.3 is 0 Å². The molecule has 0 atom stereocenters. The van der Waals surface area contributed by atoms with Gasteiger partial charge in [-0.1, -0.05) is 6.07 Å². The molecule has 29 heavy (non-hydrogen) atoms. The van der Waals surface area contributed by atoms with Crippen molar-refractivity contribution in [3.05, 3.63) is 58.9 Å². The first kappa shape index (κ1) is 20.9. The first-order chi connectivity index (χ1) is 14.1. The zero-order valence-electron chi connectivity index (χ0n) is 17.1. The Hall–Kier alpha value is -2.83. The summed E-state index contributed by atoms with van der Waals surface area (Å²) in [7, 11) is 3.39. The van der Waals surface area contributed by atoms with Gasteiger partial charge in [-0.05, 0) is 85.9 Å². The van der Waals surface area contributed by atoms with Crippen LogP contribution in [0.25, 0.3) is 22.0 Å². The van der Waals surface area contributed by atoms with E-state index in [1.807, 2.05) is 42.5 Å². The van der Waals surface area contributed by atoms with Gasteiger partial charge < -0.3 is 25.1 Å². The lowest BCUT2D eigenvalue weighted by molar-refractivity contribution is 0.308. The Morgan fingerprint density at radius 1 is 1.00 bits per heavy atom. The van der Waals surface area contributed by atoms with Crippen LogP contribution in [0.15, 0.2) is 53.3 Å². The van der Waals surface area contributed by atoms with Crippen LogP contribution >= 0.6 is 0 Å². The van der Waals surface area contributed by atoms with Crippen molar-refractivity contribution in [3.8, 4) is 22.8 Å². The Kier molecular flexibility index (Phi) is 7.27. The zero-order valence-corrected chi connectivity index (χ0v) is 17.1. The van der Waals surface area contributed by atoms with E-state index in [0.29, 0.717) is 24.3 Å². The average molecular weight is 396 g/mol. The lowest BCUT2D eigenvalue weighted by atomic mass is 10.1. The van der Waals surface area contributed by atoms with Crippen LogP contribution in [0, 0.1) is 0 Å². The zero-order chi connectivity index (χ0) is 20.6. The van der Waals surface area contributed by atoms with Crippen LogP contribution in [0.5, 0.6) is 11.5 Å². The van der Waals surface area contributed by atoms with Gasteiger partial charge in [0.05, 0.1) is 24.8 Å². The fraction of sp³-hybridized carbons (Fsp3) is 0.348. The highest BCUT2D eigenvalue weighted by molar-refractivity contribution is 5.86. The maximum absolute atomic E-state index is 12.8. The second-order valence-electron chi connectivity index (χ2n) is 6.97. The first-order valence-corrected chi connectivity index (χ1v) is 9.96. The van der Waals surface area contributed by atoms with Crippen molar-refractivity contribution in [1.82, 2.24) is 9.88 Å². The Balaban J connectivity index is 1.69. The fourth-order valence-electron chi connectivity index (χ4n) is 3.25. The van der Waals surface area contributed by atoms with Gasteiger partial charge in [0.15, 0.2) is 0 Å². The lowest BCUT2D eigenvalue weighted by Gasteiger charge is -2.12. The molecule has 0 saturated carbocycles. The number of rotatable bonds is 10. The van der Waals surface area contributed by atoms with E-state index in [1.54, 1.807) is 24.8 Å². The molecule has 0 aliphatic heterocycles. The van der Waals surface area contributed by atoms with Crippen molar-refractivity contribution in [1.29, 1.82) is 0 Å². The summed E-state index contributed by atoms with van der Waals surface area (Å²) in [6, 6.07) is 15.4. The molecule has 2 aromatic carbocycles. The molecule has 1 heterocycles. The van der Waals surface area contributed by atoms with E-state index in [2.05, 4.69) is 5.32 Å². The summed E-state index contributed by atoms with van der Waals surface area (Å²) in [5.74, 6) is 1.50. The van der Waals surface area contributed by atoms with Crippen LogP contribution in [0.1, 0.15) is 12.8 Å². The van der Waals surface area contributed by atoms with Gasteiger partial charge in [-0.15, -0.1) is 0 Å². The molecule has 0 unspecified atom stereocenters. The quantitative estimate of drug-likeness (QED) is 0.516. The Morgan fingerprint density at radius 2 is 1.72 bits per heavy atom. The van der Waals surface area contributed by atoms with Gasteiger partial charge in [0, 0.05) is 7.05 Å². The third kappa shape index (κ3) is 5.16. The molecule has 0 spiro atoms. The van der Waals surface area contributed by atoms with Crippen LogP contribution in [-0.2, 0) is 7.05 Å². The number of hydrogen-bond donors (Lipinski definition) is 2. The number of fused-ring (bicyclic) bond motifs is 1. The third-order valence-electron chi connectivity index (χ3n) is 4.92. The van der Waals surface area contributed by atoms with E-state index in [-0.39, 0.29) is 5.56 Å². The van der Waals surface area contributed by atoms with Crippen LogP contribution in [0.4, 0.5) is 0 Å². The van der Waals surface area contributed by atoms with Gasteiger partial charge in [0.2, 0.25) is 0 Å². The van der Waals surface area contributed by atoms with Gasteiger partial charge in [0.25, 0.3) is 5.56 Å². The molecule has 0 radical (unpaired) electrons. The predicted octanol–water partition coefficient (Wildman–Crippen LogP) is 2.92. The standard InChI is InChI=1S/C23H29N3O3/c1-26-22(15-18-7-10-20(28-2)16-21(18)23(26)27)17-5-8-19(9-6-17)29-14-4-13-25-12-3-11-24/h5-10,15-16,25H,3-4,11-14,24H2,1-2H3. The second-order valence-corrected chi connectivity index (χ2v) is 6.97. The van der Waals surface area contributed by atoms with Crippen LogP contribution in [0.3, 0.4) is 0 Å². The Labute approximate surface area is 171 Å². The monoisotopic (exact) mass is 395 g/mol. The second kappa shape index (κ2) is 10.1. The molecule has 3 rings (SSSR count). The van der Waals surface area contributed by atoms with Crippen molar-refractivity contribution in [2.75, 3.05) is 33.4 Å². The third-order valence-corrected chi connectivity index (χ3v) is 4.92. The molecular weight excluding hydrogens is 366 g/mol. The molecule has 0 bridgehead atoms. The van der Waals surface area contributed by atoms with Crippen molar-refractivity contribution in [2.24, 2.45) is 12.8 Å². The molecule has 3 aromatic rings. The molecule has 3 N–H and O–H groups in total. The maximum atomic E-state index is 12.8. The number of pyridine rings is 1. The highest BCUT2D eigenvalue weighted by Crippen LogP contribution is 2.25. The number of hydrogen-bond acceptors (Lipinski definition) is 5. The van der Waals surface area contributed by atoms with E-state index in [1.165, 1.54) is 0 Å². The van der Waals surface area contributed by atoms with Crippen LogP contribution in [-0.4, -0.2) is 37.9 Å². The topological polar surface area (TPSA) is 78.5 Å². The average Bonchev–Trinajstić information content (AvgIpc) is 2.76. The summed E-state index contributed by atoms with van der Waals surface area (Å²) in [4.78, 5) is 12.8. The van der Waals surface area contributed by atoms with Gasteiger partial charge in [-0.25, -0.2) is 0 Å². The van der Waals surface area contributed by atoms with E-state index in [4.69, 9.17) is 15.2 Å². The number of aromatic nitrogens is 1. The lowest BCUT2D eigenvalue weighted by Crippen LogP contribution is -2.20. The largest absolute Gasteiger partial charge is 0.497 e. The van der Waals surface area contributed by atoms with E-state index in [9.17, 15) is 4.79 Å².